The SMILES string of the molecule is CC1CN2CCCCC2CN1S(=O)(=O)c1cn[nH]c1N. The first kappa shape index (κ1) is 13.8. The van der Waals surface area contributed by atoms with Crippen LogP contribution in [0.2, 0.25) is 0 Å². The quantitative estimate of drug-likeness (QED) is 0.815. The van der Waals surface area contributed by atoms with Crippen LogP contribution in [-0.4, -0.2) is 59.5 Å². The lowest BCUT2D eigenvalue weighted by molar-refractivity contribution is 0.0564. The molecule has 2 atom stereocenters. The number of piperazine rings is 1. The number of nitrogens with one attached hydrogen (secondary N) is 1. The number of nitrogens with zero attached hydrogens (tertiary/aromatic N) is 3. The van der Waals surface area contributed by atoms with Crippen LogP contribution in [0.4, 0.5) is 5.82 Å². The molecule has 0 amide bonds. The van der Waals surface area contributed by atoms with E-state index in [0.717, 1.165) is 19.5 Å². The molecule has 0 aromatic carbocycles. The molecule has 2 aliphatic heterocycles. The first-order valence-corrected chi connectivity index (χ1v) is 8.49. The number of H-pyrrole nitrogens is 1. The Hall–Kier alpha value is -1.12. The minimum atomic E-state index is -3.56. The third kappa shape index (κ3) is 2.21. The fraction of sp³-hybridized carbons (Fsp3) is 0.750. The van der Waals surface area contributed by atoms with E-state index in [1.54, 1.807) is 4.31 Å². The third-order valence-corrected chi connectivity index (χ3v) is 6.36. The summed E-state index contributed by atoms with van der Waals surface area (Å²) in [6.07, 6.45) is 4.76. The van der Waals surface area contributed by atoms with E-state index in [-0.39, 0.29) is 16.8 Å². The van der Waals surface area contributed by atoms with Gasteiger partial charge in [-0.2, -0.15) is 9.40 Å². The number of piperidine rings is 1. The normalized spacial score (nSPS) is 29.2. The average molecular weight is 299 g/mol. The standard InChI is InChI=1S/C12H21N5O2S/c1-9-7-16-5-3-2-4-10(16)8-17(9)20(18,19)11-6-14-15-12(11)13/h6,9-10H,2-5,7-8H2,1H3,(H3,13,14,15). The number of rotatable bonds is 2. The maximum absolute atomic E-state index is 12.7. The molecule has 1 aromatic rings. The van der Waals surface area contributed by atoms with Crippen molar-refractivity contribution >= 4 is 15.8 Å². The summed E-state index contributed by atoms with van der Waals surface area (Å²) in [5.41, 5.74) is 5.68. The summed E-state index contributed by atoms with van der Waals surface area (Å²) in [6, 6.07) is 0.298. The molecule has 7 nitrogen and oxygen atoms in total. The molecule has 3 heterocycles. The number of sulfonamides is 1. The molecule has 20 heavy (non-hydrogen) atoms. The molecular formula is C12H21N5O2S. The van der Waals surface area contributed by atoms with Gasteiger partial charge in [-0.05, 0) is 26.3 Å². The number of hydrogen-bond acceptors (Lipinski definition) is 5. The van der Waals surface area contributed by atoms with Crippen molar-refractivity contribution in [3.05, 3.63) is 6.20 Å². The van der Waals surface area contributed by atoms with E-state index in [9.17, 15) is 8.42 Å². The van der Waals surface area contributed by atoms with Gasteiger partial charge in [-0.15, -0.1) is 0 Å². The Kier molecular flexibility index (Phi) is 3.47. The van der Waals surface area contributed by atoms with Gasteiger partial charge in [0.05, 0.1) is 6.20 Å². The number of nitrogen functional groups attached to an aromatic ring is 1. The third-order valence-electron chi connectivity index (χ3n) is 4.35. The highest BCUT2D eigenvalue weighted by molar-refractivity contribution is 7.89. The van der Waals surface area contributed by atoms with Crippen LogP contribution in [0.15, 0.2) is 11.1 Å². The first-order chi connectivity index (χ1) is 9.50. The molecular weight excluding hydrogens is 278 g/mol. The fourth-order valence-electron chi connectivity index (χ4n) is 3.28. The van der Waals surface area contributed by atoms with Crippen molar-refractivity contribution in [3.8, 4) is 0 Å². The molecule has 3 N–H and O–H groups in total. The number of aromatic amines is 1. The van der Waals surface area contributed by atoms with Crippen molar-refractivity contribution in [3.63, 3.8) is 0 Å². The van der Waals surface area contributed by atoms with E-state index in [0.29, 0.717) is 12.6 Å². The van der Waals surface area contributed by atoms with Crippen LogP contribution in [0.5, 0.6) is 0 Å². The van der Waals surface area contributed by atoms with Crippen molar-refractivity contribution in [2.24, 2.45) is 0 Å². The topological polar surface area (TPSA) is 95.3 Å². The highest BCUT2D eigenvalue weighted by Gasteiger charge is 2.40. The Morgan fingerprint density at radius 2 is 2.20 bits per heavy atom. The molecule has 0 bridgehead atoms. The maximum Gasteiger partial charge on any atom is 0.248 e. The van der Waals surface area contributed by atoms with Gasteiger partial charge < -0.3 is 5.73 Å². The summed E-state index contributed by atoms with van der Waals surface area (Å²) < 4.78 is 27.0. The molecule has 1 aromatic heterocycles. The second-order valence-corrected chi connectivity index (χ2v) is 7.58. The Labute approximate surface area is 119 Å². The molecule has 2 unspecified atom stereocenters. The van der Waals surface area contributed by atoms with E-state index < -0.39 is 10.0 Å². The van der Waals surface area contributed by atoms with Crippen LogP contribution in [-0.2, 0) is 10.0 Å². The molecule has 112 valence electrons. The summed E-state index contributed by atoms with van der Waals surface area (Å²) in [7, 11) is -3.56. The number of anilines is 1. The van der Waals surface area contributed by atoms with E-state index in [4.69, 9.17) is 5.73 Å². The van der Waals surface area contributed by atoms with Crippen molar-refractivity contribution in [2.75, 3.05) is 25.4 Å². The summed E-state index contributed by atoms with van der Waals surface area (Å²) in [6.45, 7) is 4.38. The highest BCUT2D eigenvalue weighted by atomic mass is 32.2. The van der Waals surface area contributed by atoms with Crippen molar-refractivity contribution in [1.29, 1.82) is 0 Å². The van der Waals surface area contributed by atoms with Gasteiger partial charge in [-0.3, -0.25) is 10.00 Å². The van der Waals surface area contributed by atoms with Crippen LogP contribution in [0, 0.1) is 0 Å². The molecule has 0 radical (unpaired) electrons. The zero-order valence-corrected chi connectivity index (χ0v) is 12.4. The van der Waals surface area contributed by atoms with Crippen LogP contribution in [0.1, 0.15) is 26.2 Å². The maximum atomic E-state index is 12.7. The van der Waals surface area contributed by atoms with Crippen LogP contribution >= 0.6 is 0 Å². The van der Waals surface area contributed by atoms with Gasteiger partial charge >= 0.3 is 0 Å². The zero-order chi connectivity index (χ0) is 14.3. The van der Waals surface area contributed by atoms with Gasteiger partial charge in [0.15, 0.2) is 0 Å². The van der Waals surface area contributed by atoms with Crippen LogP contribution < -0.4 is 5.73 Å². The smallest absolute Gasteiger partial charge is 0.248 e. The number of nitrogens with two attached hydrogens (primary N) is 1. The van der Waals surface area contributed by atoms with Gasteiger partial charge in [-0.1, -0.05) is 6.42 Å². The predicted molar refractivity (Wildman–Crippen MR) is 75.6 cm³/mol. The number of hydrogen-bond donors (Lipinski definition) is 2. The molecule has 3 rings (SSSR count). The molecule has 2 fully saturated rings. The summed E-state index contributed by atoms with van der Waals surface area (Å²) >= 11 is 0. The highest BCUT2D eigenvalue weighted by Crippen LogP contribution is 2.29. The molecule has 2 saturated heterocycles. The van der Waals surface area contributed by atoms with Gasteiger partial charge in [0, 0.05) is 25.2 Å². The van der Waals surface area contributed by atoms with Gasteiger partial charge in [0.1, 0.15) is 10.7 Å². The summed E-state index contributed by atoms with van der Waals surface area (Å²) in [5.74, 6) is 0.114. The lowest BCUT2D eigenvalue weighted by Crippen LogP contribution is -2.59. The number of fused-ring (bicyclic) bond motifs is 1. The van der Waals surface area contributed by atoms with E-state index in [2.05, 4.69) is 15.1 Å². The molecule has 0 spiro atoms. The summed E-state index contributed by atoms with van der Waals surface area (Å²) in [5, 5.41) is 6.22. The first-order valence-electron chi connectivity index (χ1n) is 7.05. The Bertz CT molecular complexity index is 584. The Balaban J connectivity index is 1.88. The second-order valence-electron chi connectivity index (χ2n) is 5.72. The molecule has 0 aliphatic carbocycles. The number of aromatic nitrogens is 2. The largest absolute Gasteiger partial charge is 0.383 e. The van der Waals surface area contributed by atoms with E-state index in [1.807, 2.05) is 6.92 Å². The zero-order valence-electron chi connectivity index (χ0n) is 11.6. The second kappa shape index (κ2) is 5.01. The lowest BCUT2D eigenvalue weighted by atomic mass is 9.99. The monoisotopic (exact) mass is 299 g/mol. The minimum Gasteiger partial charge on any atom is -0.383 e. The Morgan fingerprint density at radius 1 is 1.40 bits per heavy atom. The molecule has 8 heteroatoms. The van der Waals surface area contributed by atoms with Crippen LogP contribution in [0.3, 0.4) is 0 Å². The van der Waals surface area contributed by atoms with Gasteiger partial charge in [-0.25, -0.2) is 8.42 Å². The molecule has 2 aliphatic rings. The van der Waals surface area contributed by atoms with E-state index in [1.165, 1.54) is 19.0 Å². The fourth-order valence-corrected chi connectivity index (χ4v) is 4.95. The van der Waals surface area contributed by atoms with Crippen molar-refractivity contribution in [2.45, 2.75) is 43.2 Å². The van der Waals surface area contributed by atoms with E-state index >= 15 is 0 Å². The lowest BCUT2D eigenvalue weighted by Gasteiger charge is -2.46. The Morgan fingerprint density at radius 3 is 2.90 bits per heavy atom. The molecule has 0 saturated carbocycles. The van der Waals surface area contributed by atoms with Gasteiger partial charge in [0.25, 0.3) is 0 Å². The van der Waals surface area contributed by atoms with Crippen molar-refractivity contribution < 1.29 is 8.42 Å². The minimum absolute atomic E-state index is 0.0383. The summed E-state index contributed by atoms with van der Waals surface area (Å²) in [4.78, 5) is 2.51. The predicted octanol–water partition coefficient (Wildman–Crippen LogP) is 0.239. The average Bonchev–Trinajstić information content (AvgIpc) is 2.85. The van der Waals surface area contributed by atoms with Gasteiger partial charge in [0.2, 0.25) is 10.0 Å². The van der Waals surface area contributed by atoms with Crippen molar-refractivity contribution in [1.82, 2.24) is 19.4 Å². The van der Waals surface area contributed by atoms with Crippen LogP contribution in [0.25, 0.3) is 0 Å².